The first-order valence-electron chi connectivity index (χ1n) is 3.94. The Morgan fingerprint density at radius 1 is 1.69 bits per heavy atom. The van der Waals surface area contributed by atoms with E-state index >= 15 is 0 Å². The molecule has 5 nitrogen and oxygen atoms in total. The first-order valence-corrected chi connectivity index (χ1v) is 3.94. The minimum atomic E-state index is -0.875. The van der Waals surface area contributed by atoms with E-state index in [-0.39, 0.29) is 0 Å². The number of aliphatic carboxylic acids is 1. The van der Waals surface area contributed by atoms with E-state index < -0.39 is 5.97 Å². The Hall–Kier alpha value is -1.62. The van der Waals surface area contributed by atoms with E-state index in [2.05, 4.69) is 10.4 Å². The Labute approximate surface area is 75.0 Å². The molecular formula is C8H9N3O2. The molecule has 5 heteroatoms. The third-order valence-electron chi connectivity index (χ3n) is 1.92. The first-order chi connectivity index (χ1) is 6.27. The van der Waals surface area contributed by atoms with E-state index in [1.165, 1.54) is 0 Å². The van der Waals surface area contributed by atoms with Crippen LogP contribution in [0.1, 0.15) is 6.42 Å². The lowest BCUT2D eigenvalue weighted by Gasteiger charge is -2.27. The van der Waals surface area contributed by atoms with Gasteiger partial charge in [-0.15, -0.1) is 0 Å². The van der Waals surface area contributed by atoms with Gasteiger partial charge in [0, 0.05) is 18.8 Å². The van der Waals surface area contributed by atoms with Crippen LogP contribution in [-0.2, 0) is 4.79 Å². The van der Waals surface area contributed by atoms with Crippen molar-refractivity contribution in [2.45, 2.75) is 6.42 Å². The maximum atomic E-state index is 10.6. The van der Waals surface area contributed by atoms with Gasteiger partial charge < -0.3 is 5.11 Å². The molecule has 0 radical (unpaired) electrons. The molecule has 2 aliphatic heterocycles. The average Bonchev–Trinajstić information content (AvgIpc) is 2.17. The summed E-state index contributed by atoms with van der Waals surface area (Å²) < 4.78 is 0. The Morgan fingerprint density at radius 2 is 2.54 bits per heavy atom. The lowest BCUT2D eigenvalue weighted by molar-refractivity contribution is -0.132. The minimum absolute atomic E-state index is 0.381. The van der Waals surface area contributed by atoms with Crippen molar-refractivity contribution in [2.75, 3.05) is 6.67 Å². The van der Waals surface area contributed by atoms with Gasteiger partial charge in [0.15, 0.2) is 0 Å². The number of rotatable bonds is 1. The summed E-state index contributed by atoms with van der Waals surface area (Å²) in [6.07, 6.45) is 5.60. The highest BCUT2D eigenvalue weighted by Gasteiger charge is 2.17. The zero-order valence-electron chi connectivity index (χ0n) is 6.90. The SMILES string of the molecule is O=C(O)C1=CN2NCN=CC2=CC1. The third-order valence-corrected chi connectivity index (χ3v) is 1.92. The summed E-state index contributed by atoms with van der Waals surface area (Å²) in [6, 6.07) is 0. The predicted octanol–water partition coefficient (Wildman–Crippen LogP) is 0.0910. The molecule has 2 N–H and O–H groups in total. The second kappa shape index (κ2) is 3.02. The molecule has 0 unspecified atom stereocenters. The fraction of sp³-hybridized carbons (Fsp3) is 0.250. The third kappa shape index (κ3) is 1.46. The van der Waals surface area contributed by atoms with E-state index in [1.54, 1.807) is 17.4 Å². The summed E-state index contributed by atoms with van der Waals surface area (Å²) in [5.74, 6) is -0.875. The van der Waals surface area contributed by atoms with E-state index in [0.717, 1.165) is 5.70 Å². The standard InChI is InChI=1S/C8H9N3O2/c12-8(13)6-1-2-7-3-9-5-10-11(7)4-6/h2-4,10H,1,5H2,(H,12,13). The van der Waals surface area contributed by atoms with Crippen LogP contribution in [0.15, 0.2) is 28.5 Å². The Kier molecular flexibility index (Phi) is 1.86. The van der Waals surface area contributed by atoms with E-state index in [1.807, 2.05) is 6.08 Å². The normalized spacial score (nSPS) is 20.5. The van der Waals surface area contributed by atoms with Crippen molar-refractivity contribution in [2.24, 2.45) is 4.99 Å². The smallest absolute Gasteiger partial charge is 0.333 e. The second-order valence-electron chi connectivity index (χ2n) is 2.79. The van der Waals surface area contributed by atoms with Crippen LogP contribution in [0.3, 0.4) is 0 Å². The Morgan fingerprint density at radius 3 is 3.31 bits per heavy atom. The molecule has 68 valence electrons. The van der Waals surface area contributed by atoms with Crippen molar-refractivity contribution < 1.29 is 9.90 Å². The van der Waals surface area contributed by atoms with Gasteiger partial charge in [-0.25, -0.2) is 10.2 Å². The van der Waals surface area contributed by atoms with Crippen molar-refractivity contribution in [3.8, 4) is 0 Å². The fourth-order valence-corrected chi connectivity index (χ4v) is 1.25. The Balaban J connectivity index is 2.23. The van der Waals surface area contributed by atoms with Gasteiger partial charge in [-0.05, 0) is 0 Å². The molecule has 0 spiro atoms. The molecule has 0 atom stereocenters. The molecule has 2 heterocycles. The molecular weight excluding hydrogens is 170 g/mol. The Bertz CT molecular complexity index is 330. The van der Waals surface area contributed by atoms with Gasteiger partial charge in [0.1, 0.15) is 6.67 Å². The molecule has 2 rings (SSSR count). The number of fused-ring (bicyclic) bond motifs is 1. The zero-order valence-corrected chi connectivity index (χ0v) is 6.90. The molecule has 0 saturated carbocycles. The van der Waals surface area contributed by atoms with Gasteiger partial charge in [0.05, 0.1) is 11.3 Å². The number of hydrazine groups is 1. The lowest BCUT2D eigenvalue weighted by Crippen LogP contribution is -2.38. The molecule has 0 aromatic carbocycles. The maximum Gasteiger partial charge on any atom is 0.333 e. The fourth-order valence-electron chi connectivity index (χ4n) is 1.25. The highest BCUT2D eigenvalue weighted by Crippen LogP contribution is 2.16. The molecule has 0 aromatic rings. The van der Waals surface area contributed by atoms with Crippen molar-refractivity contribution in [3.05, 3.63) is 23.5 Å². The highest BCUT2D eigenvalue weighted by molar-refractivity contribution is 5.88. The average molecular weight is 179 g/mol. The van der Waals surface area contributed by atoms with E-state index in [4.69, 9.17) is 5.11 Å². The number of nitrogens with zero attached hydrogens (tertiary/aromatic N) is 2. The first kappa shape index (κ1) is 8.00. The summed E-state index contributed by atoms with van der Waals surface area (Å²) in [5.41, 5.74) is 4.21. The van der Waals surface area contributed by atoms with Crippen LogP contribution in [0, 0.1) is 0 Å². The van der Waals surface area contributed by atoms with Crippen LogP contribution in [0.4, 0.5) is 0 Å². The largest absolute Gasteiger partial charge is 0.478 e. The predicted molar refractivity (Wildman–Crippen MR) is 46.8 cm³/mol. The van der Waals surface area contributed by atoms with Crippen LogP contribution in [0.5, 0.6) is 0 Å². The van der Waals surface area contributed by atoms with Gasteiger partial charge in [0.2, 0.25) is 0 Å². The summed E-state index contributed by atoms with van der Waals surface area (Å²) >= 11 is 0. The second-order valence-corrected chi connectivity index (χ2v) is 2.79. The monoisotopic (exact) mass is 179 g/mol. The summed E-state index contributed by atoms with van der Waals surface area (Å²) in [7, 11) is 0. The quantitative estimate of drug-likeness (QED) is 0.598. The summed E-state index contributed by atoms with van der Waals surface area (Å²) in [4.78, 5) is 14.7. The molecule has 0 aromatic heterocycles. The number of allylic oxidation sites excluding steroid dienone is 2. The number of aliphatic imine (C=N–C) groups is 1. The van der Waals surface area contributed by atoms with E-state index in [0.29, 0.717) is 18.7 Å². The summed E-state index contributed by atoms with van der Waals surface area (Å²) in [5, 5.41) is 10.4. The number of carboxylic acid groups (broad SMARTS) is 1. The number of hydrogen-bond acceptors (Lipinski definition) is 4. The van der Waals surface area contributed by atoms with Crippen LogP contribution in [0.2, 0.25) is 0 Å². The number of carbonyl (C=O) groups is 1. The molecule has 0 fully saturated rings. The van der Waals surface area contributed by atoms with Crippen LogP contribution >= 0.6 is 0 Å². The van der Waals surface area contributed by atoms with Gasteiger partial charge in [-0.1, -0.05) is 6.08 Å². The van der Waals surface area contributed by atoms with Crippen LogP contribution < -0.4 is 5.43 Å². The van der Waals surface area contributed by atoms with Crippen molar-refractivity contribution in [3.63, 3.8) is 0 Å². The summed E-state index contributed by atoms with van der Waals surface area (Å²) in [6.45, 7) is 0.487. The maximum absolute atomic E-state index is 10.6. The van der Waals surface area contributed by atoms with Crippen molar-refractivity contribution >= 4 is 12.2 Å². The molecule has 2 aliphatic rings. The number of nitrogens with one attached hydrogen (secondary N) is 1. The lowest BCUT2D eigenvalue weighted by atomic mass is 10.1. The van der Waals surface area contributed by atoms with Gasteiger partial charge in [0.25, 0.3) is 0 Å². The van der Waals surface area contributed by atoms with Crippen LogP contribution in [0.25, 0.3) is 0 Å². The van der Waals surface area contributed by atoms with Gasteiger partial charge in [-0.2, -0.15) is 0 Å². The molecule has 0 saturated heterocycles. The van der Waals surface area contributed by atoms with Crippen molar-refractivity contribution in [1.29, 1.82) is 0 Å². The zero-order chi connectivity index (χ0) is 9.26. The van der Waals surface area contributed by atoms with Crippen LogP contribution in [-0.4, -0.2) is 29.0 Å². The molecule has 0 amide bonds. The molecule has 0 bridgehead atoms. The highest BCUT2D eigenvalue weighted by atomic mass is 16.4. The van der Waals surface area contributed by atoms with Gasteiger partial charge in [-0.3, -0.25) is 10.0 Å². The molecule has 13 heavy (non-hydrogen) atoms. The molecule has 0 aliphatic carbocycles. The van der Waals surface area contributed by atoms with Gasteiger partial charge >= 0.3 is 5.97 Å². The number of carboxylic acids is 1. The minimum Gasteiger partial charge on any atom is -0.478 e. The number of hydrogen-bond donors (Lipinski definition) is 2. The van der Waals surface area contributed by atoms with Crippen molar-refractivity contribution in [1.82, 2.24) is 10.4 Å². The van der Waals surface area contributed by atoms with E-state index in [9.17, 15) is 4.79 Å². The topological polar surface area (TPSA) is 64.9 Å².